The first-order valence-electron chi connectivity index (χ1n) is 5.36. The Morgan fingerprint density at radius 2 is 2.19 bits per heavy atom. The fraction of sp³-hybridized carbons (Fsp3) is 0.500. The number of hydrogen-bond acceptors (Lipinski definition) is 4. The third-order valence-electron chi connectivity index (χ3n) is 2.83. The molecule has 0 amide bonds. The Hall–Kier alpha value is -1.58. The summed E-state index contributed by atoms with van der Waals surface area (Å²) in [6.07, 6.45) is 1.97. The second kappa shape index (κ2) is 4.12. The standard InChI is InChI=1S/C12H16N2O2/c1-7-6-13-10(5-11(7)15-4)12-8(2)14-16-9(12)3/h5,7H,6H2,1-4H3. The third kappa shape index (κ3) is 1.75. The van der Waals surface area contributed by atoms with Gasteiger partial charge in [-0.05, 0) is 13.8 Å². The zero-order valence-corrected chi connectivity index (χ0v) is 10.1. The van der Waals surface area contributed by atoms with Crippen LogP contribution < -0.4 is 0 Å². The Morgan fingerprint density at radius 1 is 1.44 bits per heavy atom. The fourth-order valence-electron chi connectivity index (χ4n) is 1.91. The van der Waals surface area contributed by atoms with Gasteiger partial charge < -0.3 is 9.26 Å². The van der Waals surface area contributed by atoms with E-state index < -0.39 is 0 Å². The third-order valence-corrected chi connectivity index (χ3v) is 2.83. The highest BCUT2D eigenvalue weighted by Gasteiger charge is 2.20. The first kappa shape index (κ1) is 10.9. The number of ether oxygens (including phenoxy) is 1. The normalized spacial score (nSPS) is 20.4. The summed E-state index contributed by atoms with van der Waals surface area (Å²) in [7, 11) is 1.69. The highest BCUT2D eigenvalue weighted by atomic mass is 16.5. The van der Waals surface area contributed by atoms with Gasteiger partial charge in [-0.25, -0.2) is 0 Å². The molecule has 0 saturated heterocycles. The number of dihydropyridines is 1. The van der Waals surface area contributed by atoms with Crippen LogP contribution in [-0.2, 0) is 4.74 Å². The highest BCUT2D eigenvalue weighted by molar-refractivity contribution is 6.10. The molecule has 0 radical (unpaired) electrons. The first-order valence-corrected chi connectivity index (χ1v) is 5.36. The molecule has 0 N–H and O–H groups in total. The van der Waals surface area contributed by atoms with Crippen molar-refractivity contribution in [2.45, 2.75) is 20.8 Å². The van der Waals surface area contributed by atoms with E-state index in [0.29, 0.717) is 5.92 Å². The zero-order chi connectivity index (χ0) is 11.7. The van der Waals surface area contributed by atoms with Crippen LogP contribution in [0.2, 0.25) is 0 Å². The second-order valence-corrected chi connectivity index (χ2v) is 4.08. The summed E-state index contributed by atoms with van der Waals surface area (Å²) < 4.78 is 10.5. The second-order valence-electron chi connectivity index (χ2n) is 4.08. The maximum absolute atomic E-state index is 5.34. The molecular weight excluding hydrogens is 204 g/mol. The van der Waals surface area contributed by atoms with Gasteiger partial charge in [0.25, 0.3) is 0 Å². The first-order chi connectivity index (χ1) is 7.63. The highest BCUT2D eigenvalue weighted by Crippen LogP contribution is 2.22. The number of aromatic nitrogens is 1. The molecule has 1 unspecified atom stereocenters. The minimum absolute atomic E-state index is 0.342. The van der Waals surface area contributed by atoms with Crippen molar-refractivity contribution in [1.82, 2.24) is 5.16 Å². The number of aliphatic imine (C=N–C) groups is 1. The summed E-state index contributed by atoms with van der Waals surface area (Å²) in [5.41, 5.74) is 2.77. The Bertz CT molecular complexity index is 438. The SMILES string of the molecule is COC1=CC(c2c(C)noc2C)=NCC1C. The van der Waals surface area contributed by atoms with E-state index in [2.05, 4.69) is 17.1 Å². The lowest BCUT2D eigenvalue weighted by atomic mass is 10.0. The van der Waals surface area contributed by atoms with Gasteiger partial charge in [0.1, 0.15) is 11.5 Å². The minimum Gasteiger partial charge on any atom is -0.501 e. The van der Waals surface area contributed by atoms with Crippen LogP contribution in [0.3, 0.4) is 0 Å². The quantitative estimate of drug-likeness (QED) is 0.768. The average molecular weight is 220 g/mol. The molecule has 86 valence electrons. The molecule has 4 nitrogen and oxygen atoms in total. The molecule has 0 aromatic carbocycles. The molecule has 1 aromatic heterocycles. The van der Waals surface area contributed by atoms with Crippen LogP contribution in [-0.4, -0.2) is 24.5 Å². The van der Waals surface area contributed by atoms with Crippen LogP contribution in [0.4, 0.5) is 0 Å². The zero-order valence-electron chi connectivity index (χ0n) is 10.1. The van der Waals surface area contributed by atoms with Crippen LogP contribution >= 0.6 is 0 Å². The van der Waals surface area contributed by atoms with E-state index in [4.69, 9.17) is 9.26 Å². The van der Waals surface area contributed by atoms with Gasteiger partial charge in [0.15, 0.2) is 0 Å². The van der Waals surface area contributed by atoms with E-state index >= 15 is 0 Å². The van der Waals surface area contributed by atoms with Crippen molar-refractivity contribution < 1.29 is 9.26 Å². The van der Waals surface area contributed by atoms with Crippen LogP contribution in [0.5, 0.6) is 0 Å². The lowest BCUT2D eigenvalue weighted by Gasteiger charge is -2.18. The van der Waals surface area contributed by atoms with Gasteiger partial charge in [0.05, 0.1) is 24.1 Å². The lowest BCUT2D eigenvalue weighted by molar-refractivity contribution is 0.248. The lowest BCUT2D eigenvalue weighted by Crippen LogP contribution is -2.16. The molecule has 0 bridgehead atoms. The van der Waals surface area contributed by atoms with E-state index in [9.17, 15) is 0 Å². The van der Waals surface area contributed by atoms with Gasteiger partial charge in [-0.2, -0.15) is 0 Å². The van der Waals surface area contributed by atoms with Crippen molar-refractivity contribution in [3.05, 3.63) is 28.9 Å². The Kier molecular flexibility index (Phi) is 2.81. The number of rotatable bonds is 2. The van der Waals surface area contributed by atoms with Crippen LogP contribution in [0, 0.1) is 19.8 Å². The molecule has 4 heteroatoms. The van der Waals surface area contributed by atoms with E-state index in [0.717, 1.165) is 35.0 Å². The topological polar surface area (TPSA) is 47.6 Å². The van der Waals surface area contributed by atoms with Gasteiger partial charge in [-0.1, -0.05) is 12.1 Å². The van der Waals surface area contributed by atoms with Gasteiger partial charge >= 0.3 is 0 Å². The molecule has 1 aromatic rings. The molecule has 1 aliphatic rings. The Balaban J connectivity index is 2.40. The summed E-state index contributed by atoms with van der Waals surface area (Å²) >= 11 is 0. The van der Waals surface area contributed by atoms with E-state index in [-0.39, 0.29) is 0 Å². The minimum atomic E-state index is 0.342. The molecule has 1 atom stereocenters. The van der Waals surface area contributed by atoms with Crippen molar-refractivity contribution in [2.75, 3.05) is 13.7 Å². The van der Waals surface area contributed by atoms with Gasteiger partial charge in [-0.15, -0.1) is 0 Å². The van der Waals surface area contributed by atoms with Crippen LogP contribution in [0.25, 0.3) is 0 Å². The number of hydrogen-bond donors (Lipinski definition) is 0. The largest absolute Gasteiger partial charge is 0.501 e. The number of nitrogens with zero attached hydrogens (tertiary/aromatic N) is 2. The van der Waals surface area contributed by atoms with E-state index in [1.54, 1.807) is 7.11 Å². The predicted molar refractivity (Wildman–Crippen MR) is 61.6 cm³/mol. The maximum Gasteiger partial charge on any atom is 0.143 e. The molecule has 16 heavy (non-hydrogen) atoms. The van der Waals surface area contributed by atoms with Crippen LogP contribution in [0.1, 0.15) is 23.9 Å². The van der Waals surface area contributed by atoms with E-state index in [1.807, 2.05) is 19.9 Å². The van der Waals surface area contributed by atoms with Gasteiger partial charge in [0, 0.05) is 18.5 Å². The molecule has 0 fully saturated rings. The fourth-order valence-corrected chi connectivity index (χ4v) is 1.91. The van der Waals surface area contributed by atoms with Crippen molar-refractivity contribution in [3.63, 3.8) is 0 Å². The van der Waals surface area contributed by atoms with Crippen molar-refractivity contribution in [3.8, 4) is 0 Å². The smallest absolute Gasteiger partial charge is 0.143 e. The molecule has 0 saturated carbocycles. The Labute approximate surface area is 95.0 Å². The summed E-state index contributed by atoms with van der Waals surface area (Å²) in [6.45, 7) is 6.67. The van der Waals surface area contributed by atoms with Crippen LogP contribution in [0.15, 0.2) is 21.4 Å². The number of methoxy groups -OCH3 is 1. The summed E-state index contributed by atoms with van der Waals surface area (Å²) in [6, 6.07) is 0. The molecule has 2 heterocycles. The van der Waals surface area contributed by atoms with Crippen molar-refractivity contribution in [1.29, 1.82) is 0 Å². The Morgan fingerprint density at radius 3 is 2.75 bits per heavy atom. The summed E-state index contributed by atoms with van der Waals surface area (Å²) in [5, 5.41) is 3.94. The molecule has 2 rings (SSSR count). The molecule has 0 spiro atoms. The number of allylic oxidation sites excluding steroid dienone is 1. The average Bonchev–Trinajstić information content (AvgIpc) is 2.60. The molecule has 1 aliphatic heterocycles. The summed E-state index contributed by atoms with van der Waals surface area (Å²) in [5.74, 6) is 2.11. The van der Waals surface area contributed by atoms with Gasteiger partial charge in [-0.3, -0.25) is 4.99 Å². The van der Waals surface area contributed by atoms with Gasteiger partial charge in [0.2, 0.25) is 0 Å². The molecular formula is C12H16N2O2. The monoisotopic (exact) mass is 220 g/mol. The number of aryl methyl sites for hydroxylation is 2. The maximum atomic E-state index is 5.34. The molecule has 0 aliphatic carbocycles. The van der Waals surface area contributed by atoms with E-state index in [1.165, 1.54) is 0 Å². The van der Waals surface area contributed by atoms with Crippen molar-refractivity contribution in [2.24, 2.45) is 10.9 Å². The summed E-state index contributed by atoms with van der Waals surface area (Å²) in [4.78, 5) is 4.53. The van der Waals surface area contributed by atoms with Crippen molar-refractivity contribution >= 4 is 5.71 Å². The predicted octanol–water partition coefficient (Wildman–Crippen LogP) is 2.26.